The Kier molecular flexibility index (Phi) is 3.62. The molecule has 1 saturated heterocycles. The molecule has 0 bridgehead atoms. The van der Waals surface area contributed by atoms with E-state index in [1.54, 1.807) is 21.5 Å². The molecule has 0 aromatic carbocycles. The van der Waals surface area contributed by atoms with Crippen molar-refractivity contribution < 1.29 is 0 Å². The molecule has 0 atom stereocenters. The van der Waals surface area contributed by atoms with Gasteiger partial charge in [-0.15, -0.1) is 20.4 Å². The third kappa shape index (κ3) is 2.87. The molecule has 0 radical (unpaired) electrons. The second kappa shape index (κ2) is 5.92. The van der Waals surface area contributed by atoms with Crippen LogP contribution in [0.15, 0.2) is 29.9 Å². The fourth-order valence-corrected chi connectivity index (χ4v) is 3.20. The van der Waals surface area contributed by atoms with E-state index in [2.05, 4.69) is 35.3 Å². The van der Waals surface area contributed by atoms with Gasteiger partial charge in [-0.05, 0) is 25.1 Å². The third-order valence-corrected chi connectivity index (χ3v) is 4.57. The number of aromatic nitrogens is 6. The summed E-state index contributed by atoms with van der Waals surface area (Å²) in [5, 5.41) is 22.0. The minimum atomic E-state index is 0.731. The molecule has 0 spiro atoms. The molecule has 23 heavy (non-hydrogen) atoms. The van der Waals surface area contributed by atoms with E-state index >= 15 is 0 Å². The molecule has 8 nitrogen and oxygen atoms in total. The maximum Gasteiger partial charge on any atom is 0.208 e. The lowest BCUT2D eigenvalue weighted by atomic mass is 10.3. The Morgan fingerprint density at radius 2 is 1.65 bits per heavy atom. The van der Waals surface area contributed by atoms with Gasteiger partial charge in [0.2, 0.25) is 5.13 Å². The largest absolute Gasteiger partial charge is 0.352 e. The van der Waals surface area contributed by atoms with Gasteiger partial charge < -0.3 is 9.80 Å². The van der Waals surface area contributed by atoms with E-state index in [1.807, 2.05) is 31.3 Å². The zero-order chi connectivity index (χ0) is 15.6. The van der Waals surface area contributed by atoms with Crippen molar-refractivity contribution in [2.45, 2.75) is 6.92 Å². The molecule has 0 amide bonds. The van der Waals surface area contributed by atoms with Crippen molar-refractivity contribution in [3.05, 3.63) is 35.6 Å². The first-order valence-corrected chi connectivity index (χ1v) is 8.30. The number of nitrogens with zero attached hydrogens (tertiary/aromatic N) is 8. The molecule has 3 aromatic rings. The highest BCUT2D eigenvalue weighted by molar-refractivity contribution is 7.13. The minimum Gasteiger partial charge on any atom is -0.352 e. The Labute approximate surface area is 137 Å². The molecule has 1 aliphatic heterocycles. The van der Waals surface area contributed by atoms with Crippen LogP contribution in [0.25, 0.3) is 5.82 Å². The van der Waals surface area contributed by atoms with Gasteiger partial charge in [0.15, 0.2) is 11.6 Å². The molecule has 1 aliphatic rings. The van der Waals surface area contributed by atoms with E-state index in [9.17, 15) is 0 Å². The molecule has 0 N–H and O–H groups in total. The van der Waals surface area contributed by atoms with Crippen molar-refractivity contribution in [1.29, 1.82) is 0 Å². The minimum absolute atomic E-state index is 0.731. The molecule has 0 aliphatic carbocycles. The highest BCUT2D eigenvalue weighted by Crippen LogP contribution is 2.20. The summed E-state index contributed by atoms with van der Waals surface area (Å²) in [5.41, 5.74) is 2.73. The molecular weight excluding hydrogens is 312 g/mol. The van der Waals surface area contributed by atoms with E-state index in [4.69, 9.17) is 0 Å². The summed E-state index contributed by atoms with van der Waals surface area (Å²) in [6, 6.07) is 5.90. The molecule has 4 heterocycles. The lowest BCUT2D eigenvalue weighted by Gasteiger charge is -2.34. The molecule has 118 valence electrons. The number of anilines is 2. The number of rotatable bonds is 3. The average Bonchev–Trinajstić information content (AvgIpc) is 3.27. The van der Waals surface area contributed by atoms with Crippen molar-refractivity contribution in [3.63, 3.8) is 0 Å². The van der Waals surface area contributed by atoms with Gasteiger partial charge >= 0.3 is 0 Å². The molecular formula is C14H16N8S. The maximum atomic E-state index is 4.35. The van der Waals surface area contributed by atoms with Gasteiger partial charge in [0.1, 0.15) is 5.51 Å². The van der Waals surface area contributed by atoms with Crippen LogP contribution in [0, 0.1) is 6.92 Å². The lowest BCUT2D eigenvalue weighted by molar-refractivity contribution is 0.639. The summed E-state index contributed by atoms with van der Waals surface area (Å²) in [7, 11) is 0. The SMILES string of the molecule is Cc1ccn(-c2ccc(N3CCN(c4nncs4)CC3)nn2)n1. The summed E-state index contributed by atoms with van der Waals surface area (Å²) in [6.45, 7) is 5.58. The predicted octanol–water partition coefficient (Wildman–Crippen LogP) is 1.15. The first-order valence-electron chi connectivity index (χ1n) is 7.42. The van der Waals surface area contributed by atoms with Crippen LogP contribution in [0.5, 0.6) is 0 Å². The maximum absolute atomic E-state index is 4.35. The van der Waals surface area contributed by atoms with Crippen LogP contribution in [-0.2, 0) is 0 Å². The average molecular weight is 328 g/mol. The van der Waals surface area contributed by atoms with Crippen LogP contribution in [0.3, 0.4) is 0 Å². The molecule has 0 saturated carbocycles. The molecule has 1 fully saturated rings. The highest BCUT2D eigenvalue weighted by atomic mass is 32.1. The Hall–Kier alpha value is -2.55. The van der Waals surface area contributed by atoms with Crippen LogP contribution in [0.4, 0.5) is 10.9 Å². The van der Waals surface area contributed by atoms with Crippen molar-refractivity contribution in [2.24, 2.45) is 0 Å². The Bertz CT molecular complexity index is 758. The summed E-state index contributed by atoms with van der Waals surface area (Å²) in [5.74, 6) is 1.63. The number of aryl methyl sites for hydroxylation is 1. The predicted molar refractivity (Wildman–Crippen MR) is 88.2 cm³/mol. The van der Waals surface area contributed by atoms with Gasteiger partial charge in [-0.2, -0.15) is 5.10 Å². The van der Waals surface area contributed by atoms with Crippen LogP contribution in [0.1, 0.15) is 5.69 Å². The lowest BCUT2D eigenvalue weighted by Crippen LogP contribution is -2.46. The molecule has 4 rings (SSSR count). The number of piperazine rings is 1. The van der Waals surface area contributed by atoms with Gasteiger partial charge in [-0.3, -0.25) is 0 Å². The van der Waals surface area contributed by atoms with E-state index in [1.165, 1.54) is 0 Å². The molecule has 9 heteroatoms. The van der Waals surface area contributed by atoms with E-state index in [0.717, 1.165) is 48.6 Å². The van der Waals surface area contributed by atoms with Crippen LogP contribution < -0.4 is 9.80 Å². The fraction of sp³-hybridized carbons (Fsp3) is 0.357. The van der Waals surface area contributed by atoms with Crippen molar-refractivity contribution in [1.82, 2.24) is 30.2 Å². The van der Waals surface area contributed by atoms with Gasteiger partial charge in [0, 0.05) is 32.4 Å². The van der Waals surface area contributed by atoms with Crippen molar-refractivity contribution in [2.75, 3.05) is 36.0 Å². The van der Waals surface area contributed by atoms with E-state index in [-0.39, 0.29) is 0 Å². The second-order valence-electron chi connectivity index (χ2n) is 5.35. The zero-order valence-corrected chi connectivity index (χ0v) is 13.5. The first-order chi connectivity index (χ1) is 11.3. The van der Waals surface area contributed by atoms with Gasteiger partial charge in [0.05, 0.1) is 5.69 Å². The topological polar surface area (TPSA) is 75.9 Å². The monoisotopic (exact) mass is 328 g/mol. The first kappa shape index (κ1) is 14.1. The Balaban J connectivity index is 1.43. The Morgan fingerprint density at radius 1 is 0.913 bits per heavy atom. The van der Waals surface area contributed by atoms with Crippen molar-refractivity contribution >= 4 is 22.3 Å². The molecule has 0 unspecified atom stereocenters. The summed E-state index contributed by atoms with van der Waals surface area (Å²) in [6.07, 6.45) is 1.89. The number of hydrogen-bond donors (Lipinski definition) is 0. The van der Waals surface area contributed by atoms with Crippen LogP contribution >= 0.6 is 11.3 Å². The zero-order valence-electron chi connectivity index (χ0n) is 12.7. The second-order valence-corrected chi connectivity index (χ2v) is 6.16. The highest BCUT2D eigenvalue weighted by Gasteiger charge is 2.20. The van der Waals surface area contributed by atoms with Crippen LogP contribution in [0.2, 0.25) is 0 Å². The van der Waals surface area contributed by atoms with Gasteiger partial charge in [-0.25, -0.2) is 4.68 Å². The standard InChI is InChI=1S/C14H16N8S/c1-11-4-5-22(19-11)13-3-2-12(16-17-13)20-6-8-21(9-7-20)14-18-15-10-23-14/h2-5,10H,6-9H2,1H3. The van der Waals surface area contributed by atoms with Crippen molar-refractivity contribution in [3.8, 4) is 5.82 Å². The smallest absolute Gasteiger partial charge is 0.208 e. The summed E-state index contributed by atoms with van der Waals surface area (Å²) in [4.78, 5) is 4.49. The van der Waals surface area contributed by atoms with Crippen LogP contribution in [-0.4, -0.2) is 56.4 Å². The normalized spacial score (nSPS) is 15.2. The summed E-state index contributed by atoms with van der Waals surface area (Å²) < 4.78 is 1.74. The third-order valence-electron chi connectivity index (χ3n) is 3.82. The van der Waals surface area contributed by atoms with Gasteiger partial charge in [0.25, 0.3) is 0 Å². The van der Waals surface area contributed by atoms with Gasteiger partial charge in [-0.1, -0.05) is 11.3 Å². The molecule has 3 aromatic heterocycles. The quantitative estimate of drug-likeness (QED) is 0.714. The Morgan fingerprint density at radius 3 is 2.26 bits per heavy atom. The number of hydrogen-bond acceptors (Lipinski definition) is 8. The summed E-state index contributed by atoms with van der Waals surface area (Å²) >= 11 is 1.58. The van der Waals surface area contributed by atoms with E-state index in [0.29, 0.717) is 0 Å². The fourth-order valence-electron chi connectivity index (χ4n) is 2.58. The van der Waals surface area contributed by atoms with E-state index < -0.39 is 0 Å².